The number of esters is 1. The highest BCUT2D eigenvalue weighted by Gasteiger charge is 2.33. The molecule has 2 aromatic heterocycles. The molecule has 41 heavy (non-hydrogen) atoms. The van der Waals surface area contributed by atoms with E-state index in [9.17, 15) is 9.59 Å². The van der Waals surface area contributed by atoms with Crippen molar-refractivity contribution in [3.63, 3.8) is 0 Å². The Bertz CT molecular complexity index is 1580. The van der Waals surface area contributed by atoms with Crippen LogP contribution in [-0.4, -0.2) is 24.7 Å². The minimum atomic E-state index is -0.352. The van der Waals surface area contributed by atoms with Crippen LogP contribution in [0.4, 0.5) is 10.7 Å². The number of ether oxygens (including phenoxy) is 1. The predicted molar refractivity (Wildman–Crippen MR) is 166 cm³/mol. The van der Waals surface area contributed by atoms with Gasteiger partial charge in [-0.25, -0.2) is 9.79 Å². The summed E-state index contributed by atoms with van der Waals surface area (Å²) in [4.78, 5) is 31.5. The van der Waals surface area contributed by atoms with E-state index in [0.29, 0.717) is 50.9 Å². The quantitative estimate of drug-likeness (QED) is 0.172. The number of hydrogen-bond donors (Lipinski definition) is 1. The van der Waals surface area contributed by atoms with Gasteiger partial charge in [-0.15, -0.1) is 11.3 Å². The number of thiophene rings is 1. The fraction of sp³-hybridized carbons (Fsp3) is 0.303. The van der Waals surface area contributed by atoms with E-state index in [0.717, 1.165) is 30.4 Å². The average Bonchev–Trinajstić information content (AvgIpc) is 3.57. The maximum absolute atomic E-state index is 13.6. The van der Waals surface area contributed by atoms with Gasteiger partial charge in [0.05, 0.1) is 23.9 Å². The monoisotopic (exact) mass is 588 g/mol. The fourth-order valence-corrected chi connectivity index (χ4v) is 6.44. The predicted octanol–water partition coefficient (Wildman–Crippen LogP) is 8.99. The van der Waals surface area contributed by atoms with Crippen molar-refractivity contribution < 1.29 is 18.7 Å². The molecule has 4 aromatic rings. The molecule has 212 valence electrons. The van der Waals surface area contributed by atoms with E-state index in [2.05, 4.69) is 26.1 Å². The van der Waals surface area contributed by atoms with E-state index in [1.807, 2.05) is 24.3 Å². The summed E-state index contributed by atoms with van der Waals surface area (Å²) in [6.07, 6.45) is 4.48. The van der Waals surface area contributed by atoms with Crippen molar-refractivity contribution in [1.29, 1.82) is 0 Å². The van der Waals surface area contributed by atoms with E-state index < -0.39 is 0 Å². The standard InChI is InChI=1S/C33H33ClN2O4S/c1-5-39-32(38)21-8-6-20(7-9-21)27-17-15-25(40-27)19-35-31-29(30(37)36-24-13-11-23(34)12-14-24)26-16-10-22(33(2,3)4)18-28(26)41-31/h6-9,11-15,17,19,22H,5,10,16,18H2,1-4H3,(H,36,37)/t22-/m0/s1. The van der Waals surface area contributed by atoms with Crippen LogP contribution in [0.2, 0.25) is 5.02 Å². The lowest BCUT2D eigenvalue weighted by Crippen LogP contribution is -2.27. The van der Waals surface area contributed by atoms with Crippen molar-refractivity contribution in [2.45, 2.75) is 47.0 Å². The van der Waals surface area contributed by atoms with Gasteiger partial charge in [-0.05, 0) is 91.6 Å². The fourth-order valence-electron chi connectivity index (χ4n) is 5.05. The molecule has 1 aliphatic rings. The third-order valence-corrected chi connectivity index (χ3v) is 8.83. The number of nitrogens with one attached hydrogen (secondary N) is 1. The molecule has 0 bridgehead atoms. The third-order valence-electron chi connectivity index (χ3n) is 7.42. The number of amides is 1. The second-order valence-corrected chi connectivity index (χ2v) is 12.7. The number of carbonyl (C=O) groups is 2. The Kier molecular flexibility index (Phi) is 8.47. The van der Waals surface area contributed by atoms with Gasteiger partial charge in [-0.1, -0.05) is 44.5 Å². The van der Waals surface area contributed by atoms with E-state index >= 15 is 0 Å². The van der Waals surface area contributed by atoms with Crippen LogP contribution in [0.3, 0.4) is 0 Å². The van der Waals surface area contributed by atoms with Gasteiger partial charge >= 0.3 is 5.97 Å². The zero-order chi connectivity index (χ0) is 29.1. The van der Waals surface area contributed by atoms with Gasteiger partial charge in [0.25, 0.3) is 5.91 Å². The van der Waals surface area contributed by atoms with Crippen molar-refractivity contribution in [3.05, 3.63) is 93.0 Å². The molecule has 0 saturated carbocycles. The van der Waals surface area contributed by atoms with Gasteiger partial charge in [-0.2, -0.15) is 0 Å². The molecule has 1 atom stereocenters. The van der Waals surface area contributed by atoms with Gasteiger partial charge < -0.3 is 14.5 Å². The Balaban J connectivity index is 1.41. The molecule has 1 aliphatic carbocycles. The molecular weight excluding hydrogens is 556 g/mol. The minimum absolute atomic E-state index is 0.173. The molecule has 0 aliphatic heterocycles. The molecule has 2 heterocycles. The highest BCUT2D eigenvalue weighted by molar-refractivity contribution is 7.16. The Hall–Kier alpha value is -3.68. The molecule has 0 saturated heterocycles. The smallest absolute Gasteiger partial charge is 0.338 e. The number of anilines is 1. The molecule has 2 aromatic carbocycles. The van der Waals surface area contributed by atoms with Crippen LogP contribution in [0, 0.1) is 11.3 Å². The number of halogens is 1. The molecule has 6 nitrogen and oxygen atoms in total. The van der Waals surface area contributed by atoms with E-state index in [-0.39, 0.29) is 17.3 Å². The summed E-state index contributed by atoms with van der Waals surface area (Å²) in [6, 6.07) is 17.9. The zero-order valence-electron chi connectivity index (χ0n) is 23.6. The molecule has 1 N–H and O–H groups in total. The number of rotatable bonds is 7. The highest BCUT2D eigenvalue weighted by Crippen LogP contribution is 2.45. The van der Waals surface area contributed by atoms with Crippen LogP contribution in [0.15, 0.2) is 70.1 Å². The summed E-state index contributed by atoms with van der Waals surface area (Å²) < 4.78 is 11.1. The number of nitrogens with zero attached hydrogens (tertiary/aromatic N) is 1. The second kappa shape index (κ2) is 12.0. The van der Waals surface area contributed by atoms with Gasteiger partial charge in [0, 0.05) is 21.2 Å². The molecule has 1 amide bonds. The molecule has 0 radical (unpaired) electrons. The first-order valence-corrected chi connectivity index (χ1v) is 14.9. The summed E-state index contributed by atoms with van der Waals surface area (Å²) in [5, 5.41) is 4.31. The van der Waals surface area contributed by atoms with Crippen LogP contribution in [0.1, 0.15) is 71.0 Å². The molecule has 0 unspecified atom stereocenters. The van der Waals surface area contributed by atoms with E-state index in [4.69, 9.17) is 25.7 Å². The number of furan rings is 1. The summed E-state index contributed by atoms with van der Waals surface area (Å²) in [5.41, 5.74) is 3.92. The summed E-state index contributed by atoms with van der Waals surface area (Å²) in [7, 11) is 0. The number of fused-ring (bicyclic) bond motifs is 1. The first-order valence-electron chi connectivity index (χ1n) is 13.7. The minimum Gasteiger partial charge on any atom is -0.462 e. The normalized spacial score (nSPS) is 15.1. The SMILES string of the molecule is CCOC(=O)c1ccc(-c2ccc(C=Nc3sc4c(c3C(=O)Nc3ccc(Cl)cc3)CC[C@H](C(C)(C)C)C4)o2)cc1. The van der Waals surface area contributed by atoms with Crippen LogP contribution >= 0.6 is 22.9 Å². The number of benzene rings is 2. The molecule has 5 rings (SSSR count). The lowest BCUT2D eigenvalue weighted by Gasteiger charge is -2.33. The van der Waals surface area contributed by atoms with Crippen LogP contribution in [0.25, 0.3) is 11.3 Å². The summed E-state index contributed by atoms with van der Waals surface area (Å²) in [5.74, 6) is 1.24. The Morgan fingerprint density at radius 2 is 1.83 bits per heavy atom. The first-order chi connectivity index (χ1) is 19.6. The first kappa shape index (κ1) is 28.8. The van der Waals surface area contributed by atoms with Gasteiger partial charge in [0.1, 0.15) is 16.5 Å². The average molecular weight is 589 g/mol. The molecular formula is C33H33ClN2O4S. The third kappa shape index (κ3) is 6.63. The highest BCUT2D eigenvalue weighted by atomic mass is 35.5. The van der Waals surface area contributed by atoms with Gasteiger partial charge in [0.2, 0.25) is 0 Å². The van der Waals surface area contributed by atoms with E-state index in [1.165, 1.54) is 4.88 Å². The Morgan fingerprint density at radius 3 is 2.51 bits per heavy atom. The van der Waals surface area contributed by atoms with Gasteiger partial charge in [0.15, 0.2) is 0 Å². The van der Waals surface area contributed by atoms with E-state index in [1.54, 1.807) is 60.9 Å². The van der Waals surface area contributed by atoms with Crippen LogP contribution in [-0.2, 0) is 17.6 Å². The second-order valence-electron chi connectivity index (χ2n) is 11.2. The summed E-state index contributed by atoms with van der Waals surface area (Å²) in [6.45, 7) is 8.95. The topological polar surface area (TPSA) is 80.9 Å². The van der Waals surface area contributed by atoms with Crippen LogP contribution in [0.5, 0.6) is 0 Å². The van der Waals surface area contributed by atoms with Crippen molar-refractivity contribution in [3.8, 4) is 11.3 Å². The van der Waals surface area contributed by atoms with Crippen molar-refractivity contribution in [2.24, 2.45) is 16.3 Å². The lowest BCUT2D eigenvalue weighted by atomic mass is 9.72. The maximum Gasteiger partial charge on any atom is 0.338 e. The van der Waals surface area contributed by atoms with Crippen molar-refractivity contribution in [2.75, 3.05) is 11.9 Å². The molecule has 0 spiro atoms. The number of aliphatic imine (C=N–C) groups is 1. The van der Waals surface area contributed by atoms with Crippen LogP contribution < -0.4 is 5.32 Å². The number of hydrogen-bond acceptors (Lipinski definition) is 6. The zero-order valence-corrected chi connectivity index (χ0v) is 25.2. The summed E-state index contributed by atoms with van der Waals surface area (Å²) >= 11 is 7.62. The van der Waals surface area contributed by atoms with Crippen molar-refractivity contribution >= 4 is 51.7 Å². The lowest BCUT2D eigenvalue weighted by molar-refractivity contribution is 0.0526. The van der Waals surface area contributed by atoms with Crippen molar-refractivity contribution in [1.82, 2.24) is 0 Å². The van der Waals surface area contributed by atoms with Gasteiger partial charge in [-0.3, -0.25) is 4.79 Å². The Morgan fingerprint density at radius 1 is 1.10 bits per heavy atom. The maximum atomic E-state index is 13.6. The molecule has 8 heteroatoms. The molecule has 0 fully saturated rings. The Labute approximate surface area is 249 Å². The number of carbonyl (C=O) groups excluding carboxylic acids is 2. The largest absolute Gasteiger partial charge is 0.462 e.